The second-order valence-electron chi connectivity index (χ2n) is 4.47. The Balaban J connectivity index is 2.21. The van der Waals surface area contributed by atoms with Crippen molar-refractivity contribution in [3.8, 4) is 11.5 Å². The van der Waals surface area contributed by atoms with Crippen molar-refractivity contribution in [3.63, 3.8) is 0 Å². The second-order valence-corrected chi connectivity index (χ2v) is 5.32. The van der Waals surface area contributed by atoms with Crippen LogP contribution in [0.4, 0.5) is 0 Å². The lowest BCUT2D eigenvalue weighted by molar-refractivity contribution is 0.257. The molecule has 0 aliphatic carbocycles. The maximum absolute atomic E-state index is 9.37. The minimum Gasteiger partial charge on any atom is -0.497 e. The van der Waals surface area contributed by atoms with Crippen LogP contribution < -0.4 is 9.47 Å². The van der Waals surface area contributed by atoms with E-state index < -0.39 is 0 Å². The molecule has 0 heterocycles. The topological polar surface area (TPSA) is 38.7 Å². The van der Waals surface area contributed by atoms with Gasteiger partial charge in [0.1, 0.15) is 18.1 Å². The molecule has 2 rings (SSSR count). The molecule has 1 N–H and O–H groups in total. The summed E-state index contributed by atoms with van der Waals surface area (Å²) in [6.45, 7) is 2.35. The number of ether oxygens (including phenoxy) is 2. The van der Waals surface area contributed by atoms with Gasteiger partial charge in [-0.2, -0.15) is 0 Å². The van der Waals surface area contributed by atoms with Crippen molar-refractivity contribution < 1.29 is 14.6 Å². The maximum Gasteiger partial charge on any atom is 0.128 e. The van der Waals surface area contributed by atoms with E-state index in [0.29, 0.717) is 6.61 Å². The van der Waals surface area contributed by atoms with Gasteiger partial charge in [-0.15, -0.1) is 0 Å². The molecule has 3 nitrogen and oxygen atoms in total. The molecule has 0 saturated carbocycles. The number of halogens is 1. The van der Waals surface area contributed by atoms with Gasteiger partial charge in [0.15, 0.2) is 0 Å². The Hall–Kier alpha value is -1.52. The Labute approximate surface area is 127 Å². The van der Waals surface area contributed by atoms with Crippen LogP contribution in [0.3, 0.4) is 0 Å². The van der Waals surface area contributed by atoms with Gasteiger partial charge in [0.2, 0.25) is 0 Å². The number of aliphatic hydroxyl groups excluding tert-OH is 1. The molecular formula is C16H17BrO3. The van der Waals surface area contributed by atoms with E-state index >= 15 is 0 Å². The SMILES string of the molecule is COc1ccc(Br)c(COc2c(C)cccc2CO)c1. The molecule has 2 aromatic rings. The van der Waals surface area contributed by atoms with Gasteiger partial charge in [-0.1, -0.05) is 34.1 Å². The van der Waals surface area contributed by atoms with Crippen molar-refractivity contribution in [3.05, 3.63) is 57.6 Å². The number of aryl methyl sites for hydroxylation is 1. The first-order valence-corrected chi connectivity index (χ1v) is 7.09. The summed E-state index contributed by atoms with van der Waals surface area (Å²) in [6, 6.07) is 11.5. The van der Waals surface area contributed by atoms with Gasteiger partial charge in [0.25, 0.3) is 0 Å². The third-order valence-corrected chi connectivity index (χ3v) is 3.86. The van der Waals surface area contributed by atoms with Gasteiger partial charge in [-0.25, -0.2) is 0 Å². The number of rotatable bonds is 5. The van der Waals surface area contributed by atoms with Crippen LogP contribution in [0.15, 0.2) is 40.9 Å². The molecular weight excluding hydrogens is 320 g/mol. The van der Waals surface area contributed by atoms with E-state index in [9.17, 15) is 5.11 Å². The molecule has 0 atom stereocenters. The van der Waals surface area contributed by atoms with Gasteiger partial charge in [0.05, 0.1) is 13.7 Å². The fourth-order valence-corrected chi connectivity index (χ4v) is 2.34. The number of benzene rings is 2. The number of hydrogen-bond donors (Lipinski definition) is 1. The normalized spacial score (nSPS) is 10.4. The van der Waals surface area contributed by atoms with E-state index in [4.69, 9.17) is 9.47 Å². The number of methoxy groups -OCH3 is 1. The highest BCUT2D eigenvalue weighted by molar-refractivity contribution is 9.10. The molecule has 0 radical (unpaired) electrons. The summed E-state index contributed by atoms with van der Waals surface area (Å²) in [5, 5.41) is 9.37. The third kappa shape index (κ3) is 3.32. The zero-order valence-electron chi connectivity index (χ0n) is 11.5. The van der Waals surface area contributed by atoms with Crippen molar-refractivity contribution in [2.24, 2.45) is 0 Å². The van der Waals surface area contributed by atoms with E-state index in [1.807, 2.05) is 43.3 Å². The standard InChI is InChI=1S/C16H17BrO3/c1-11-4-3-5-12(9-18)16(11)20-10-13-8-14(19-2)6-7-15(13)17/h3-8,18H,9-10H2,1-2H3. The van der Waals surface area contributed by atoms with E-state index in [1.54, 1.807) is 7.11 Å². The van der Waals surface area contributed by atoms with Crippen LogP contribution in [0, 0.1) is 6.92 Å². The van der Waals surface area contributed by atoms with Crippen LogP contribution in [0.2, 0.25) is 0 Å². The summed E-state index contributed by atoms with van der Waals surface area (Å²) in [5.41, 5.74) is 2.80. The van der Waals surface area contributed by atoms with Crippen LogP contribution in [0.25, 0.3) is 0 Å². The summed E-state index contributed by atoms with van der Waals surface area (Å²) < 4.78 is 12.1. The third-order valence-electron chi connectivity index (χ3n) is 3.09. The van der Waals surface area contributed by atoms with Crippen molar-refractivity contribution in [2.75, 3.05) is 7.11 Å². The van der Waals surface area contributed by atoms with Crippen LogP contribution >= 0.6 is 15.9 Å². The zero-order valence-corrected chi connectivity index (χ0v) is 13.1. The largest absolute Gasteiger partial charge is 0.497 e. The predicted octanol–water partition coefficient (Wildman–Crippen LogP) is 3.84. The summed E-state index contributed by atoms with van der Waals surface area (Å²) >= 11 is 3.50. The first-order valence-electron chi connectivity index (χ1n) is 6.30. The lowest BCUT2D eigenvalue weighted by atomic mass is 10.1. The van der Waals surface area contributed by atoms with Crippen LogP contribution in [0.5, 0.6) is 11.5 Å². The minimum atomic E-state index is -0.0315. The van der Waals surface area contributed by atoms with Crippen LogP contribution in [-0.4, -0.2) is 12.2 Å². The number of aliphatic hydroxyl groups is 1. The fourth-order valence-electron chi connectivity index (χ4n) is 1.98. The summed E-state index contributed by atoms with van der Waals surface area (Å²) in [4.78, 5) is 0. The van der Waals surface area contributed by atoms with E-state index in [-0.39, 0.29) is 6.61 Å². The van der Waals surface area contributed by atoms with Crippen molar-refractivity contribution >= 4 is 15.9 Å². The van der Waals surface area contributed by atoms with Crippen molar-refractivity contribution in [1.82, 2.24) is 0 Å². The maximum atomic E-state index is 9.37. The van der Waals surface area contributed by atoms with E-state index in [1.165, 1.54) is 0 Å². The van der Waals surface area contributed by atoms with Crippen molar-refractivity contribution in [1.29, 1.82) is 0 Å². The zero-order chi connectivity index (χ0) is 14.5. The molecule has 20 heavy (non-hydrogen) atoms. The first-order chi connectivity index (χ1) is 9.65. The minimum absolute atomic E-state index is 0.0315. The van der Waals surface area contributed by atoms with Crippen LogP contribution in [-0.2, 0) is 13.2 Å². The average molecular weight is 337 g/mol. The molecule has 0 saturated heterocycles. The fraction of sp³-hybridized carbons (Fsp3) is 0.250. The summed E-state index contributed by atoms with van der Waals surface area (Å²) in [6.07, 6.45) is 0. The Bertz CT molecular complexity index is 596. The average Bonchev–Trinajstić information content (AvgIpc) is 2.47. The Morgan fingerprint density at radius 2 is 1.95 bits per heavy atom. The molecule has 0 aliphatic heterocycles. The molecule has 4 heteroatoms. The van der Waals surface area contributed by atoms with Gasteiger partial charge >= 0.3 is 0 Å². The predicted molar refractivity (Wildman–Crippen MR) is 82.1 cm³/mol. The molecule has 2 aromatic carbocycles. The lowest BCUT2D eigenvalue weighted by Crippen LogP contribution is -2.01. The van der Waals surface area contributed by atoms with Gasteiger partial charge < -0.3 is 14.6 Å². The summed E-state index contributed by atoms with van der Waals surface area (Å²) in [5.74, 6) is 1.53. The Morgan fingerprint density at radius 3 is 2.65 bits per heavy atom. The highest BCUT2D eigenvalue weighted by Gasteiger charge is 2.08. The number of para-hydroxylation sites is 1. The summed E-state index contributed by atoms with van der Waals surface area (Å²) in [7, 11) is 1.64. The van der Waals surface area contributed by atoms with E-state index in [0.717, 1.165) is 32.7 Å². The first kappa shape index (κ1) is 14.9. The Morgan fingerprint density at radius 1 is 1.15 bits per heavy atom. The molecule has 0 aliphatic rings. The second kappa shape index (κ2) is 6.77. The molecule has 0 unspecified atom stereocenters. The van der Waals surface area contributed by atoms with Crippen molar-refractivity contribution in [2.45, 2.75) is 20.1 Å². The van der Waals surface area contributed by atoms with Crippen LogP contribution in [0.1, 0.15) is 16.7 Å². The number of hydrogen-bond acceptors (Lipinski definition) is 3. The molecule has 0 spiro atoms. The molecule has 0 aromatic heterocycles. The quantitative estimate of drug-likeness (QED) is 0.901. The van der Waals surface area contributed by atoms with Gasteiger partial charge in [0, 0.05) is 15.6 Å². The van der Waals surface area contributed by atoms with E-state index in [2.05, 4.69) is 15.9 Å². The molecule has 106 valence electrons. The van der Waals surface area contributed by atoms with Gasteiger partial charge in [-0.05, 0) is 30.7 Å². The molecule has 0 amide bonds. The smallest absolute Gasteiger partial charge is 0.128 e. The Kier molecular flexibility index (Phi) is 5.04. The van der Waals surface area contributed by atoms with Gasteiger partial charge in [-0.3, -0.25) is 0 Å². The highest BCUT2D eigenvalue weighted by atomic mass is 79.9. The monoisotopic (exact) mass is 336 g/mol. The molecule has 0 fully saturated rings. The highest BCUT2D eigenvalue weighted by Crippen LogP contribution is 2.27. The molecule has 0 bridgehead atoms. The lowest BCUT2D eigenvalue weighted by Gasteiger charge is -2.14.